The number of unbranched alkanes of at least 4 members (excludes halogenated alkanes) is 1. The number of hydrogen-bond acceptors (Lipinski definition) is 7. The number of rotatable bonds is 12. The zero-order valence-electron chi connectivity index (χ0n) is 29.2. The van der Waals surface area contributed by atoms with Crippen molar-refractivity contribution in [2.75, 3.05) is 6.61 Å². The molecule has 2 saturated heterocycles. The number of fused-ring (bicyclic) bond motifs is 3. The van der Waals surface area contributed by atoms with Crippen molar-refractivity contribution < 1.29 is 54.5 Å². The van der Waals surface area contributed by atoms with Gasteiger partial charge < -0.3 is 25.2 Å². The number of carbonyl (C=O) groups is 2. The molecular formula is C37H44F5N3O7S. The third kappa shape index (κ3) is 9.75. The van der Waals surface area contributed by atoms with Crippen LogP contribution in [0.4, 0.5) is 22.0 Å². The second-order valence-electron chi connectivity index (χ2n) is 13.8. The number of nitrogens with one attached hydrogen (secondary N) is 1. The summed E-state index contributed by atoms with van der Waals surface area (Å²) in [5.74, 6) is -6.66. The predicted molar refractivity (Wildman–Crippen MR) is 186 cm³/mol. The lowest BCUT2D eigenvalue weighted by Crippen LogP contribution is -2.60. The fourth-order valence-corrected chi connectivity index (χ4v) is 8.39. The monoisotopic (exact) mass is 769 g/mol. The van der Waals surface area contributed by atoms with Gasteiger partial charge in [-0.15, -0.1) is 0 Å². The Morgan fingerprint density at radius 2 is 1.55 bits per heavy atom. The van der Waals surface area contributed by atoms with E-state index in [1.807, 2.05) is 13.0 Å². The summed E-state index contributed by atoms with van der Waals surface area (Å²) in [5, 5.41) is 8.49. The third-order valence-electron chi connectivity index (χ3n) is 9.83. The Balaban J connectivity index is 0.000000705. The number of carbonyl (C=O) groups excluding carboxylic acids is 1. The van der Waals surface area contributed by atoms with Gasteiger partial charge in [-0.05, 0) is 105 Å². The van der Waals surface area contributed by atoms with Gasteiger partial charge in [0.05, 0.1) is 17.6 Å². The molecule has 16 heteroatoms. The van der Waals surface area contributed by atoms with Crippen LogP contribution in [0.3, 0.4) is 0 Å². The summed E-state index contributed by atoms with van der Waals surface area (Å²) in [4.78, 5) is 24.3. The minimum absolute atomic E-state index is 0.129. The van der Waals surface area contributed by atoms with Crippen LogP contribution < -0.4 is 19.9 Å². The molecular weight excluding hydrogens is 725 g/mol. The molecule has 2 bridgehead atoms. The van der Waals surface area contributed by atoms with Crippen molar-refractivity contribution in [2.45, 2.75) is 118 Å². The van der Waals surface area contributed by atoms with Crippen molar-refractivity contribution in [1.29, 1.82) is 0 Å². The number of nitrogens with zero attached hydrogens (tertiary/aromatic N) is 1. The first-order valence-corrected chi connectivity index (χ1v) is 19.2. The number of halogens is 5. The van der Waals surface area contributed by atoms with E-state index < -0.39 is 45.6 Å². The van der Waals surface area contributed by atoms with Gasteiger partial charge in [0.2, 0.25) is 15.9 Å². The SMILES string of the molecule is CCCCOc1cccc(C(F)(F)C(NS(=O)(=O)c2ccc3cc(OC4CCCC4)ccc3c2)C(=O)N2C3CCC2CC(N)C3)c1.O=C(O)C(F)(F)F. The molecule has 3 fully saturated rings. The van der Waals surface area contributed by atoms with Crippen LogP contribution in [-0.4, -0.2) is 73.4 Å². The van der Waals surface area contributed by atoms with Gasteiger partial charge >= 0.3 is 12.1 Å². The lowest BCUT2D eigenvalue weighted by molar-refractivity contribution is -0.192. The van der Waals surface area contributed by atoms with Crippen LogP contribution in [0.1, 0.15) is 76.7 Å². The van der Waals surface area contributed by atoms with E-state index in [1.165, 1.54) is 35.2 Å². The Morgan fingerprint density at radius 1 is 0.925 bits per heavy atom. The highest BCUT2D eigenvalue weighted by molar-refractivity contribution is 7.89. The van der Waals surface area contributed by atoms with Crippen LogP contribution in [0, 0.1) is 0 Å². The van der Waals surface area contributed by atoms with E-state index in [0.717, 1.165) is 43.9 Å². The number of alkyl halides is 5. The molecule has 2 heterocycles. The van der Waals surface area contributed by atoms with Gasteiger partial charge in [0.25, 0.3) is 5.92 Å². The van der Waals surface area contributed by atoms with Crippen LogP contribution in [0.5, 0.6) is 11.5 Å². The third-order valence-corrected chi connectivity index (χ3v) is 11.3. The molecule has 0 radical (unpaired) electrons. The first-order valence-electron chi connectivity index (χ1n) is 17.7. The summed E-state index contributed by atoms with van der Waals surface area (Å²) in [7, 11) is -4.57. The van der Waals surface area contributed by atoms with Crippen molar-refractivity contribution in [1.82, 2.24) is 9.62 Å². The highest BCUT2D eigenvalue weighted by Gasteiger charge is 2.53. The van der Waals surface area contributed by atoms with E-state index in [0.29, 0.717) is 43.4 Å². The number of carboxylic acid groups (broad SMARTS) is 1. The Labute approximate surface area is 304 Å². The Bertz CT molecular complexity index is 1860. The minimum atomic E-state index is -5.08. The van der Waals surface area contributed by atoms with Crippen molar-refractivity contribution in [3.05, 3.63) is 66.2 Å². The molecule has 1 aliphatic carbocycles. The summed E-state index contributed by atoms with van der Waals surface area (Å²) in [6.45, 7) is 2.35. The van der Waals surface area contributed by atoms with Crippen molar-refractivity contribution in [2.24, 2.45) is 5.73 Å². The number of hydrogen-bond donors (Lipinski definition) is 3. The molecule has 0 aromatic heterocycles. The van der Waals surface area contributed by atoms with Gasteiger partial charge in [-0.1, -0.05) is 37.6 Å². The van der Waals surface area contributed by atoms with Crippen molar-refractivity contribution >= 4 is 32.7 Å². The lowest BCUT2D eigenvalue weighted by atomic mass is 9.94. The van der Waals surface area contributed by atoms with E-state index in [9.17, 15) is 26.4 Å². The number of carboxylic acids is 1. The molecule has 53 heavy (non-hydrogen) atoms. The van der Waals surface area contributed by atoms with E-state index in [2.05, 4.69) is 4.72 Å². The fourth-order valence-electron chi connectivity index (χ4n) is 7.17. The number of sulfonamides is 1. The molecule has 3 aromatic rings. The molecule has 1 saturated carbocycles. The van der Waals surface area contributed by atoms with E-state index in [4.69, 9.17) is 25.1 Å². The van der Waals surface area contributed by atoms with E-state index in [1.54, 1.807) is 24.3 Å². The summed E-state index contributed by atoms with van der Waals surface area (Å²) in [6.07, 6.45) is 3.28. The molecule has 1 amide bonds. The Morgan fingerprint density at radius 3 is 2.17 bits per heavy atom. The number of ether oxygens (including phenoxy) is 2. The molecule has 290 valence electrons. The number of nitrogens with two attached hydrogens (primary N) is 1. The molecule has 3 atom stereocenters. The zero-order valence-corrected chi connectivity index (χ0v) is 30.0. The maximum Gasteiger partial charge on any atom is 0.490 e. The number of piperidine rings is 1. The van der Waals surface area contributed by atoms with Gasteiger partial charge in [-0.2, -0.15) is 26.7 Å². The molecule has 4 N–H and O–H groups in total. The molecule has 2 aliphatic heterocycles. The average Bonchev–Trinajstić information content (AvgIpc) is 3.72. The van der Waals surface area contributed by atoms with Gasteiger partial charge in [-0.25, -0.2) is 13.2 Å². The van der Waals surface area contributed by atoms with Gasteiger partial charge in [0.1, 0.15) is 11.5 Å². The number of benzene rings is 3. The summed E-state index contributed by atoms with van der Waals surface area (Å²) in [6, 6.07) is 12.1. The molecule has 3 aromatic carbocycles. The summed E-state index contributed by atoms with van der Waals surface area (Å²) >= 11 is 0. The van der Waals surface area contributed by atoms with Crippen LogP contribution >= 0.6 is 0 Å². The van der Waals surface area contributed by atoms with Crippen molar-refractivity contribution in [3.63, 3.8) is 0 Å². The lowest BCUT2D eigenvalue weighted by Gasteiger charge is -2.41. The van der Waals surface area contributed by atoms with E-state index in [-0.39, 0.29) is 34.9 Å². The predicted octanol–water partition coefficient (Wildman–Crippen LogP) is 6.89. The largest absolute Gasteiger partial charge is 0.494 e. The summed E-state index contributed by atoms with van der Waals surface area (Å²) < 4.78 is 106. The fraction of sp³-hybridized carbons (Fsp3) is 0.514. The normalized spacial score (nSPS) is 21.2. The number of aliphatic carboxylic acids is 1. The van der Waals surface area contributed by atoms with Crippen molar-refractivity contribution in [3.8, 4) is 11.5 Å². The van der Waals surface area contributed by atoms with Crippen LogP contribution in [0.25, 0.3) is 10.8 Å². The molecule has 6 rings (SSSR count). The van der Waals surface area contributed by atoms with Gasteiger partial charge in [0, 0.05) is 23.7 Å². The highest BCUT2D eigenvalue weighted by Crippen LogP contribution is 2.41. The quantitative estimate of drug-likeness (QED) is 0.133. The molecule has 10 nitrogen and oxygen atoms in total. The first-order chi connectivity index (χ1) is 25.0. The second kappa shape index (κ2) is 16.6. The molecule has 0 spiro atoms. The van der Waals surface area contributed by atoms with Crippen LogP contribution in [0.2, 0.25) is 0 Å². The second-order valence-corrected chi connectivity index (χ2v) is 15.5. The highest BCUT2D eigenvalue weighted by atomic mass is 32.2. The van der Waals surface area contributed by atoms with Gasteiger partial charge in [0.15, 0.2) is 6.04 Å². The van der Waals surface area contributed by atoms with Gasteiger partial charge in [-0.3, -0.25) is 4.79 Å². The Kier molecular flexibility index (Phi) is 12.5. The summed E-state index contributed by atoms with van der Waals surface area (Å²) in [5.41, 5.74) is 5.69. The topological polar surface area (TPSA) is 148 Å². The smallest absolute Gasteiger partial charge is 0.490 e. The average molecular weight is 770 g/mol. The maximum absolute atomic E-state index is 16.6. The Hall–Kier alpha value is -4.02. The first kappa shape index (κ1) is 40.2. The standard InChI is InChI=1S/C35H43F2N3O5S.C2HF3O2/c1-2-3-17-44-30-10-6-7-25(20-30)35(36,37)33(34(41)40-27-13-14-28(40)22-26(38)21-27)39-46(42,43)32-16-12-23-18-31(15-11-24(23)19-32)45-29-8-4-5-9-29;3-2(4,5)1(6)7/h6-7,10-12,15-16,18-20,26-29,33,39H,2-5,8-9,13-14,17,21-22,38H2,1H3;(H,6,7). The molecule has 3 unspecified atom stereocenters. The van der Waals surface area contributed by atoms with E-state index >= 15 is 8.78 Å². The molecule has 3 aliphatic rings. The van der Waals surface area contributed by atoms with Crippen LogP contribution in [0.15, 0.2) is 65.6 Å². The maximum atomic E-state index is 16.6. The van der Waals surface area contributed by atoms with Crippen LogP contribution in [-0.2, 0) is 25.5 Å². The number of amides is 1. The minimum Gasteiger partial charge on any atom is -0.494 e. The zero-order chi connectivity index (χ0) is 38.6.